The number of thiophene rings is 1. The number of hydrogen-bond donors (Lipinski definition) is 1. The number of benzene rings is 1. The van der Waals surface area contributed by atoms with Crippen LogP contribution in [0.1, 0.15) is 20.8 Å². The molecule has 0 aliphatic rings. The fraction of sp³-hybridized carbons (Fsp3) is 0.154. The number of halogens is 2. The summed E-state index contributed by atoms with van der Waals surface area (Å²) in [6.45, 7) is 2.55. The minimum absolute atomic E-state index is 0.0635. The summed E-state index contributed by atoms with van der Waals surface area (Å²) in [5.41, 5.74) is 1.79. The number of rotatable bonds is 3. The molecule has 0 fully saturated rings. The lowest BCUT2D eigenvalue weighted by Crippen LogP contribution is -2.22. The van der Waals surface area contributed by atoms with Crippen molar-refractivity contribution in [2.24, 2.45) is 0 Å². The maximum Gasteiger partial charge on any atom is 0.252 e. The van der Waals surface area contributed by atoms with Gasteiger partial charge in [0.2, 0.25) is 0 Å². The van der Waals surface area contributed by atoms with Gasteiger partial charge in [0, 0.05) is 19.2 Å². The Morgan fingerprint density at radius 3 is 2.72 bits per heavy atom. The van der Waals surface area contributed by atoms with Crippen molar-refractivity contribution in [2.45, 2.75) is 13.5 Å². The normalized spacial score (nSPS) is 10.4. The van der Waals surface area contributed by atoms with Gasteiger partial charge in [-0.25, -0.2) is 0 Å². The molecule has 1 aromatic heterocycles. The molecule has 94 valence electrons. The third kappa shape index (κ3) is 3.43. The first kappa shape index (κ1) is 13.8. The van der Waals surface area contributed by atoms with Crippen molar-refractivity contribution in [1.82, 2.24) is 5.32 Å². The second kappa shape index (κ2) is 5.99. The lowest BCUT2D eigenvalue weighted by molar-refractivity contribution is 0.0950. The summed E-state index contributed by atoms with van der Waals surface area (Å²) < 4.78 is 1.88. The second-order valence-corrected chi connectivity index (χ2v) is 6.66. The van der Waals surface area contributed by atoms with E-state index >= 15 is 0 Å². The zero-order valence-corrected chi connectivity index (χ0v) is 13.7. The van der Waals surface area contributed by atoms with Gasteiger partial charge in [0.05, 0.1) is 12.1 Å². The number of carbonyl (C=O) groups excluding carboxylic acids is 1. The zero-order valence-electron chi connectivity index (χ0n) is 9.67. The van der Waals surface area contributed by atoms with E-state index in [0.29, 0.717) is 12.1 Å². The molecule has 2 nitrogen and oxygen atoms in total. The fourth-order valence-electron chi connectivity index (χ4n) is 1.51. The first-order chi connectivity index (χ1) is 8.56. The molecule has 5 heteroatoms. The minimum atomic E-state index is -0.0635. The van der Waals surface area contributed by atoms with Crippen molar-refractivity contribution in [1.29, 1.82) is 0 Å². The summed E-state index contributed by atoms with van der Waals surface area (Å²) in [6.07, 6.45) is 0. The van der Waals surface area contributed by atoms with E-state index in [0.717, 1.165) is 19.4 Å². The summed E-state index contributed by atoms with van der Waals surface area (Å²) in [7, 11) is 0. The molecule has 18 heavy (non-hydrogen) atoms. The maximum absolute atomic E-state index is 12.0. The van der Waals surface area contributed by atoms with Gasteiger partial charge in [0.1, 0.15) is 0 Å². The zero-order chi connectivity index (χ0) is 13.1. The van der Waals surface area contributed by atoms with E-state index in [4.69, 9.17) is 0 Å². The SMILES string of the molecule is Cc1ccc(C(=O)NCc2cc(Br)cs2)c(Br)c1. The third-order valence-corrected chi connectivity index (χ3v) is 4.77. The Bertz CT molecular complexity index is 580. The molecule has 1 amide bonds. The average molecular weight is 389 g/mol. The van der Waals surface area contributed by atoms with Crippen LogP contribution in [0.25, 0.3) is 0 Å². The molecular formula is C13H11Br2NOS. The van der Waals surface area contributed by atoms with E-state index in [9.17, 15) is 4.79 Å². The molecular weight excluding hydrogens is 378 g/mol. The molecule has 1 N–H and O–H groups in total. The van der Waals surface area contributed by atoms with Crippen molar-refractivity contribution in [2.75, 3.05) is 0 Å². The van der Waals surface area contributed by atoms with Crippen LogP contribution in [-0.2, 0) is 6.54 Å². The average Bonchev–Trinajstić information content (AvgIpc) is 2.72. The van der Waals surface area contributed by atoms with Gasteiger partial charge in [-0.05, 0) is 62.5 Å². The summed E-state index contributed by atoms with van der Waals surface area (Å²) in [6, 6.07) is 7.71. The molecule has 1 heterocycles. The van der Waals surface area contributed by atoms with Gasteiger partial charge < -0.3 is 5.32 Å². The van der Waals surface area contributed by atoms with Gasteiger partial charge in [-0.2, -0.15) is 0 Å². The molecule has 0 spiro atoms. The highest BCUT2D eigenvalue weighted by Crippen LogP contribution is 2.21. The molecule has 0 unspecified atom stereocenters. The molecule has 0 aliphatic carbocycles. The predicted octanol–water partition coefficient (Wildman–Crippen LogP) is 4.51. The Labute approximate surface area is 127 Å². The smallest absolute Gasteiger partial charge is 0.252 e. The molecule has 0 atom stereocenters. The highest BCUT2D eigenvalue weighted by atomic mass is 79.9. The van der Waals surface area contributed by atoms with E-state index in [1.54, 1.807) is 11.3 Å². The molecule has 1 aromatic carbocycles. The van der Waals surface area contributed by atoms with E-state index in [1.165, 1.54) is 0 Å². The first-order valence-electron chi connectivity index (χ1n) is 5.33. The summed E-state index contributed by atoms with van der Waals surface area (Å²) in [5, 5.41) is 4.91. The Hall–Kier alpha value is -0.650. The Balaban J connectivity index is 2.03. The van der Waals surface area contributed by atoms with Crippen LogP contribution < -0.4 is 5.32 Å². The molecule has 2 aromatic rings. The topological polar surface area (TPSA) is 29.1 Å². The fourth-order valence-corrected chi connectivity index (χ4v) is 3.58. The number of hydrogen-bond acceptors (Lipinski definition) is 2. The van der Waals surface area contributed by atoms with E-state index < -0.39 is 0 Å². The van der Waals surface area contributed by atoms with Crippen LogP contribution in [-0.4, -0.2) is 5.91 Å². The van der Waals surface area contributed by atoms with E-state index in [2.05, 4.69) is 37.2 Å². The van der Waals surface area contributed by atoms with E-state index in [1.807, 2.05) is 36.6 Å². The largest absolute Gasteiger partial charge is 0.347 e. The van der Waals surface area contributed by atoms with Crippen LogP contribution in [0.5, 0.6) is 0 Å². The number of amides is 1. The van der Waals surface area contributed by atoms with Gasteiger partial charge in [0.25, 0.3) is 5.91 Å². The van der Waals surface area contributed by atoms with Crippen molar-refractivity contribution < 1.29 is 4.79 Å². The quantitative estimate of drug-likeness (QED) is 0.823. The Kier molecular flexibility index (Phi) is 4.59. The molecule has 0 aliphatic heterocycles. The van der Waals surface area contributed by atoms with Gasteiger partial charge in [-0.1, -0.05) is 6.07 Å². The van der Waals surface area contributed by atoms with Gasteiger partial charge in [-0.3, -0.25) is 4.79 Å². The molecule has 0 radical (unpaired) electrons. The summed E-state index contributed by atoms with van der Waals surface area (Å²) in [5.74, 6) is -0.0635. The highest BCUT2D eigenvalue weighted by molar-refractivity contribution is 9.10. The molecule has 2 rings (SSSR count). The van der Waals surface area contributed by atoms with Crippen molar-refractivity contribution in [3.8, 4) is 0 Å². The number of nitrogens with one attached hydrogen (secondary N) is 1. The van der Waals surface area contributed by atoms with Gasteiger partial charge in [0.15, 0.2) is 0 Å². The van der Waals surface area contributed by atoms with Crippen molar-refractivity contribution in [3.05, 3.63) is 54.6 Å². The molecule has 0 saturated heterocycles. The Morgan fingerprint density at radius 1 is 1.33 bits per heavy atom. The summed E-state index contributed by atoms with van der Waals surface area (Å²) >= 11 is 8.43. The van der Waals surface area contributed by atoms with Crippen LogP contribution in [0.15, 0.2) is 38.6 Å². The minimum Gasteiger partial charge on any atom is -0.347 e. The van der Waals surface area contributed by atoms with Crippen LogP contribution in [0.4, 0.5) is 0 Å². The lowest BCUT2D eigenvalue weighted by atomic mass is 10.1. The van der Waals surface area contributed by atoms with Gasteiger partial charge >= 0.3 is 0 Å². The molecule has 0 bridgehead atoms. The van der Waals surface area contributed by atoms with Crippen LogP contribution >= 0.6 is 43.2 Å². The van der Waals surface area contributed by atoms with Gasteiger partial charge in [-0.15, -0.1) is 11.3 Å². The highest BCUT2D eigenvalue weighted by Gasteiger charge is 2.09. The predicted molar refractivity (Wildman–Crippen MR) is 82.1 cm³/mol. The van der Waals surface area contributed by atoms with Crippen LogP contribution in [0.2, 0.25) is 0 Å². The number of aryl methyl sites for hydroxylation is 1. The van der Waals surface area contributed by atoms with E-state index in [-0.39, 0.29) is 5.91 Å². The van der Waals surface area contributed by atoms with Crippen molar-refractivity contribution >= 4 is 49.1 Å². The summed E-state index contributed by atoms with van der Waals surface area (Å²) in [4.78, 5) is 13.1. The third-order valence-electron chi connectivity index (χ3n) is 2.41. The second-order valence-electron chi connectivity index (χ2n) is 3.90. The Morgan fingerprint density at radius 2 is 2.11 bits per heavy atom. The standard InChI is InChI=1S/C13H11Br2NOS/c1-8-2-3-11(12(15)4-8)13(17)16-6-10-5-9(14)7-18-10/h2-5,7H,6H2,1H3,(H,16,17). The number of carbonyl (C=O) groups is 1. The molecule has 0 saturated carbocycles. The van der Waals surface area contributed by atoms with Crippen molar-refractivity contribution in [3.63, 3.8) is 0 Å². The maximum atomic E-state index is 12.0. The first-order valence-corrected chi connectivity index (χ1v) is 7.80. The lowest BCUT2D eigenvalue weighted by Gasteiger charge is -2.06. The monoisotopic (exact) mass is 387 g/mol. The van der Waals surface area contributed by atoms with Crippen LogP contribution in [0, 0.1) is 6.92 Å². The van der Waals surface area contributed by atoms with Crippen LogP contribution in [0.3, 0.4) is 0 Å².